The van der Waals surface area contributed by atoms with E-state index < -0.39 is 0 Å². The minimum atomic E-state index is -0.0987. The Morgan fingerprint density at radius 1 is 1.35 bits per heavy atom. The third kappa shape index (κ3) is 1.65. The van der Waals surface area contributed by atoms with Crippen molar-refractivity contribution < 1.29 is 24.2 Å². The summed E-state index contributed by atoms with van der Waals surface area (Å²) < 4.78 is 20.9. The van der Waals surface area contributed by atoms with Crippen LogP contribution in [0.1, 0.15) is 5.56 Å². The summed E-state index contributed by atoms with van der Waals surface area (Å²) in [4.78, 5) is 0. The molecule has 1 aliphatic heterocycles. The lowest BCUT2D eigenvalue weighted by molar-refractivity contribution is 0.168. The summed E-state index contributed by atoms with van der Waals surface area (Å²) >= 11 is 0. The first kappa shape index (κ1) is 11.2. The van der Waals surface area contributed by atoms with Gasteiger partial charge in [0.25, 0.3) is 0 Å². The van der Waals surface area contributed by atoms with Gasteiger partial charge in [-0.2, -0.15) is 0 Å². The molecule has 1 aliphatic rings. The predicted molar refractivity (Wildman–Crippen MR) is 58.2 cm³/mol. The predicted octanol–water partition coefficient (Wildman–Crippen LogP) is 0.527. The molecular formula is C10H12N2O5. The Kier molecular flexibility index (Phi) is 2.82. The molecule has 0 aromatic heterocycles. The van der Waals surface area contributed by atoms with Crippen molar-refractivity contribution in [2.75, 3.05) is 21.0 Å². The summed E-state index contributed by atoms with van der Waals surface area (Å²) in [6.45, 7) is 0.0711. The Morgan fingerprint density at radius 3 is 2.65 bits per heavy atom. The van der Waals surface area contributed by atoms with Gasteiger partial charge in [0.15, 0.2) is 17.3 Å². The van der Waals surface area contributed by atoms with Gasteiger partial charge in [0.1, 0.15) is 0 Å². The van der Waals surface area contributed by atoms with Crippen molar-refractivity contribution in [1.29, 1.82) is 0 Å². The Labute approximate surface area is 97.3 Å². The number of fused-ring (bicyclic) bond motifs is 1. The smallest absolute Gasteiger partial charge is 0.231 e. The van der Waals surface area contributed by atoms with Crippen molar-refractivity contribution in [1.82, 2.24) is 0 Å². The quantitative estimate of drug-likeness (QED) is 0.346. The van der Waals surface area contributed by atoms with Crippen LogP contribution in [-0.4, -0.2) is 32.1 Å². The molecule has 0 saturated heterocycles. The summed E-state index contributed by atoms with van der Waals surface area (Å²) in [6, 6.07) is 1.56. The highest BCUT2D eigenvalue weighted by atomic mass is 16.7. The number of nitrogens with two attached hydrogens (primary N) is 1. The highest BCUT2D eigenvalue weighted by molar-refractivity contribution is 6.01. The van der Waals surface area contributed by atoms with Gasteiger partial charge in [-0.05, 0) is 6.07 Å². The number of methoxy groups -OCH3 is 2. The number of rotatable bonds is 3. The molecule has 0 fully saturated rings. The Bertz CT molecular complexity index is 472. The van der Waals surface area contributed by atoms with Gasteiger partial charge in [0, 0.05) is 0 Å². The molecule has 0 aliphatic carbocycles. The summed E-state index contributed by atoms with van der Waals surface area (Å²) in [5.41, 5.74) is 5.93. The third-order valence-corrected chi connectivity index (χ3v) is 2.37. The number of benzene rings is 1. The van der Waals surface area contributed by atoms with Gasteiger partial charge in [-0.3, -0.25) is 0 Å². The number of hydrogen-bond donors (Lipinski definition) is 2. The number of ether oxygens (including phenoxy) is 4. The van der Waals surface area contributed by atoms with E-state index >= 15 is 0 Å². The van der Waals surface area contributed by atoms with Crippen LogP contribution in [0.25, 0.3) is 0 Å². The minimum Gasteiger partial charge on any atom is -0.493 e. The maximum absolute atomic E-state index is 8.71. The average Bonchev–Trinajstić information content (AvgIpc) is 2.84. The molecule has 1 aromatic carbocycles. The van der Waals surface area contributed by atoms with E-state index in [1.165, 1.54) is 14.2 Å². The van der Waals surface area contributed by atoms with Crippen LogP contribution in [0.5, 0.6) is 23.0 Å². The second-order valence-electron chi connectivity index (χ2n) is 3.21. The monoisotopic (exact) mass is 240 g/mol. The molecule has 7 heteroatoms. The number of nitrogens with zero attached hydrogens (tertiary/aromatic N) is 1. The fourth-order valence-electron chi connectivity index (χ4n) is 1.61. The van der Waals surface area contributed by atoms with Crippen LogP contribution in [0.3, 0.4) is 0 Å². The normalized spacial score (nSPS) is 13.6. The molecule has 1 heterocycles. The van der Waals surface area contributed by atoms with Crippen LogP contribution in [0.15, 0.2) is 11.2 Å². The highest BCUT2D eigenvalue weighted by Gasteiger charge is 2.28. The molecule has 3 N–H and O–H groups in total. The molecule has 0 atom stereocenters. The van der Waals surface area contributed by atoms with Gasteiger partial charge in [-0.15, -0.1) is 0 Å². The van der Waals surface area contributed by atoms with Gasteiger partial charge >= 0.3 is 0 Å². The van der Waals surface area contributed by atoms with E-state index in [9.17, 15) is 0 Å². The Balaban J connectivity index is 2.68. The molecule has 0 unspecified atom stereocenters. The number of oxime groups is 1. The zero-order chi connectivity index (χ0) is 12.4. The van der Waals surface area contributed by atoms with Crippen molar-refractivity contribution in [3.05, 3.63) is 11.6 Å². The SMILES string of the molecule is COc1cc(/C(N)=N/O)c(OC)c2c1OCO2. The molecule has 0 amide bonds. The third-order valence-electron chi connectivity index (χ3n) is 2.37. The molecule has 17 heavy (non-hydrogen) atoms. The summed E-state index contributed by atoms with van der Waals surface area (Å²) in [5, 5.41) is 11.6. The first-order chi connectivity index (χ1) is 8.22. The molecular weight excluding hydrogens is 228 g/mol. The van der Waals surface area contributed by atoms with Crippen molar-refractivity contribution in [2.24, 2.45) is 10.9 Å². The van der Waals surface area contributed by atoms with Gasteiger partial charge in [-0.25, -0.2) is 0 Å². The fraction of sp³-hybridized carbons (Fsp3) is 0.300. The van der Waals surface area contributed by atoms with Crippen molar-refractivity contribution in [3.63, 3.8) is 0 Å². The lowest BCUT2D eigenvalue weighted by atomic mass is 10.1. The molecule has 2 rings (SSSR count). The number of amidine groups is 1. The van der Waals surface area contributed by atoms with Crippen LogP contribution in [0.2, 0.25) is 0 Å². The molecule has 92 valence electrons. The molecule has 0 radical (unpaired) electrons. The van der Waals surface area contributed by atoms with E-state index in [2.05, 4.69) is 5.16 Å². The maximum Gasteiger partial charge on any atom is 0.231 e. The summed E-state index contributed by atoms with van der Waals surface area (Å²) in [6.07, 6.45) is 0. The molecule has 0 saturated carbocycles. The second-order valence-corrected chi connectivity index (χ2v) is 3.21. The zero-order valence-corrected chi connectivity index (χ0v) is 9.39. The lowest BCUT2D eigenvalue weighted by Gasteiger charge is -2.12. The largest absolute Gasteiger partial charge is 0.493 e. The van der Waals surface area contributed by atoms with Crippen molar-refractivity contribution >= 4 is 5.84 Å². The molecule has 0 spiro atoms. The van der Waals surface area contributed by atoms with E-state index in [0.29, 0.717) is 28.6 Å². The zero-order valence-electron chi connectivity index (χ0n) is 9.39. The standard InChI is InChI=1S/C10H12N2O5/c1-14-6-3-5(10(11)12-13)7(15-2)9-8(6)16-4-17-9/h3,13H,4H2,1-2H3,(H2,11,12). The van der Waals surface area contributed by atoms with Crippen LogP contribution < -0.4 is 24.7 Å². The van der Waals surface area contributed by atoms with E-state index in [1.807, 2.05) is 0 Å². The first-order valence-corrected chi connectivity index (χ1v) is 4.75. The molecule has 0 bridgehead atoms. The maximum atomic E-state index is 8.71. The van der Waals surface area contributed by atoms with Crippen LogP contribution in [0, 0.1) is 0 Å². The average molecular weight is 240 g/mol. The first-order valence-electron chi connectivity index (χ1n) is 4.75. The van der Waals surface area contributed by atoms with Gasteiger partial charge in [0.05, 0.1) is 19.8 Å². The minimum absolute atomic E-state index is 0.0711. The van der Waals surface area contributed by atoms with E-state index in [0.717, 1.165) is 0 Å². The number of hydrogen-bond acceptors (Lipinski definition) is 6. The van der Waals surface area contributed by atoms with E-state index in [4.69, 9.17) is 29.9 Å². The molecule has 7 nitrogen and oxygen atoms in total. The van der Waals surface area contributed by atoms with Crippen LogP contribution in [0.4, 0.5) is 0 Å². The van der Waals surface area contributed by atoms with Gasteiger partial charge < -0.3 is 29.9 Å². The summed E-state index contributed by atoms with van der Waals surface area (Å²) in [7, 11) is 2.94. The van der Waals surface area contributed by atoms with E-state index in [1.54, 1.807) is 6.07 Å². The van der Waals surface area contributed by atoms with Gasteiger partial charge in [-0.1, -0.05) is 5.16 Å². The Hall–Kier alpha value is -2.31. The van der Waals surface area contributed by atoms with Crippen LogP contribution in [-0.2, 0) is 0 Å². The van der Waals surface area contributed by atoms with E-state index in [-0.39, 0.29) is 12.6 Å². The molecule has 1 aromatic rings. The lowest BCUT2D eigenvalue weighted by Crippen LogP contribution is -2.14. The highest BCUT2D eigenvalue weighted by Crippen LogP contribution is 2.49. The topological polar surface area (TPSA) is 95.5 Å². The second kappa shape index (κ2) is 4.28. The van der Waals surface area contributed by atoms with Crippen LogP contribution >= 0.6 is 0 Å². The Morgan fingerprint density at radius 2 is 2.06 bits per heavy atom. The summed E-state index contributed by atoms with van der Waals surface area (Å²) in [5.74, 6) is 1.50. The van der Waals surface area contributed by atoms with Gasteiger partial charge in [0.2, 0.25) is 18.3 Å². The fourth-order valence-corrected chi connectivity index (χ4v) is 1.61. The van der Waals surface area contributed by atoms with Crippen molar-refractivity contribution in [2.45, 2.75) is 0 Å². The van der Waals surface area contributed by atoms with Crippen molar-refractivity contribution in [3.8, 4) is 23.0 Å².